The van der Waals surface area contributed by atoms with E-state index in [1.165, 1.54) is 4.88 Å². The number of ether oxygens (including phenoxy) is 2. The number of rotatable bonds is 4. The third kappa shape index (κ3) is 4.01. The molecule has 0 radical (unpaired) electrons. The molecule has 0 aliphatic heterocycles. The van der Waals surface area contributed by atoms with Crippen LogP contribution in [-0.2, 0) is 12.8 Å². The van der Waals surface area contributed by atoms with Crippen LogP contribution in [-0.4, -0.2) is 25.1 Å². The van der Waals surface area contributed by atoms with E-state index in [1.807, 2.05) is 0 Å². The minimum atomic E-state index is -0.208. The summed E-state index contributed by atoms with van der Waals surface area (Å²) in [5.74, 6) is 1.62. The van der Waals surface area contributed by atoms with Gasteiger partial charge in [0.1, 0.15) is 11.5 Å². The first-order valence-electron chi connectivity index (χ1n) is 8.83. The van der Waals surface area contributed by atoms with Crippen molar-refractivity contribution < 1.29 is 14.3 Å². The van der Waals surface area contributed by atoms with Gasteiger partial charge in [0.15, 0.2) is 5.13 Å². The van der Waals surface area contributed by atoms with Gasteiger partial charge in [0.2, 0.25) is 0 Å². The molecule has 0 bridgehead atoms. The Morgan fingerprint density at radius 3 is 2.42 bits per heavy atom. The summed E-state index contributed by atoms with van der Waals surface area (Å²) in [6, 6.07) is 5.13. The third-order valence-electron chi connectivity index (χ3n) is 5.00. The standard InChI is InChI=1S/C20H26N2O3S/c1-20(2,3)13-6-7-16-17(10-13)26-19(21-16)22-18(23)12-8-14(24-4)11-15(9-12)25-5/h8-9,11,13H,6-7,10H2,1-5H3,(H,21,22,23). The second kappa shape index (κ2) is 7.27. The van der Waals surface area contributed by atoms with Gasteiger partial charge >= 0.3 is 0 Å². The van der Waals surface area contributed by atoms with Crippen molar-refractivity contribution in [3.05, 3.63) is 34.3 Å². The van der Waals surface area contributed by atoms with E-state index in [0.29, 0.717) is 33.5 Å². The maximum atomic E-state index is 12.6. The van der Waals surface area contributed by atoms with Crippen LogP contribution in [0.4, 0.5) is 5.13 Å². The van der Waals surface area contributed by atoms with Crippen molar-refractivity contribution >= 4 is 22.4 Å². The van der Waals surface area contributed by atoms with Gasteiger partial charge in [0.05, 0.1) is 19.9 Å². The number of carbonyl (C=O) groups excluding carboxylic acids is 1. The molecule has 26 heavy (non-hydrogen) atoms. The van der Waals surface area contributed by atoms with E-state index in [9.17, 15) is 4.79 Å². The van der Waals surface area contributed by atoms with Gasteiger partial charge in [-0.25, -0.2) is 4.98 Å². The van der Waals surface area contributed by atoms with Gasteiger partial charge in [0.25, 0.3) is 5.91 Å². The molecule has 6 heteroatoms. The normalized spacial score (nSPS) is 16.7. The van der Waals surface area contributed by atoms with Crippen LogP contribution in [0.3, 0.4) is 0 Å². The number of nitrogens with one attached hydrogen (secondary N) is 1. The lowest BCUT2D eigenvalue weighted by Crippen LogP contribution is -2.26. The van der Waals surface area contributed by atoms with Crippen LogP contribution in [0.15, 0.2) is 18.2 Å². The van der Waals surface area contributed by atoms with Gasteiger partial charge in [-0.05, 0) is 42.7 Å². The summed E-state index contributed by atoms with van der Waals surface area (Å²) in [6.07, 6.45) is 3.18. The smallest absolute Gasteiger partial charge is 0.257 e. The first-order chi connectivity index (χ1) is 12.3. The zero-order valence-electron chi connectivity index (χ0n) is 16.0. The number of methoxy groups -OCH3 is 2. The quantitative estimate of drug-likeness (QED) is 0.852. The van der Waals surface area contributed by atoms with Crippen molar-refractivity contribution in [3.8, 4) is 11.5 Å². The maximum absolute atomic E-state index is 12.6. The molecule has 2 aromatic rings. The van der Waals surface area contributed by atoms with Gasteiger partial charge in [-0.3, -0.25) is 10.1 Å². The number of hydrogen-bond donors (Lipinski definition) is 1. The summed E-state index contributed by atoms with van der Waals surface area (Å²) >= 11 is 1.59. The topological polar surface area (TPSA) is 60.5 Å². The number of anilines is 1. The highest BCUT2D eigenvalue weighted by molar-refractivity contribution is 7.15. The largest absolute Gasteiger partial charge is 0.497 e. The molecule has 1 N–H and O–H groups in total. The molecule has 1 heterocycles. The molecule has 1 aromatic heterocycles. The van der Waals surface area contributed by atoms with E-state index in [4.69, 9.17) is 9.47 Å². The lowest BCUT2D eigenvalue weighted by atomic mass is 9.73. The second-order valence-electron chi connectivity index (χ2n) is 7.75. The maximum Gasteiger partial charge on any atom is 0.257 e. The number of carbonyl (C=O) groups is 1. The Bertz CT molecular complexity index is 786. The van der Waals surface area contributed by atoms with Crippen molar-refractivity contribution in [3.63, 3.8) is 0 Å². The molecule has 1 atom stereocenters. The Morgan fingerprint density at radius 2 is 1.85 bits per heavy atom. The summed E-state index contributed by atoms with van der Waals surface area (Å²) in [7, 11) is 3.13. The molecule has 3 rings (SSSR count). The van der Waals surface area contributed by atoms with Crippen LogP contribution < -0.4 is 14.8 Å². The summed E-state index contributed by atoms with van der Waals surface area (Å²) in [5.41, 5.74) is 1.92. The van der Waals surface area contributed by atoms with Crippen molar-refractivity contribution in [1.82, 2.24) is 4.98 Å². The Hall–Kier alpha value is -2.08. The minimum Gasteiger partial charge on any atom is -0.497 e. The Morgan fingerprint density at radius 1 is 1.19 bits per heavy atom. The Labute approximate surface area is 158 Å². The number of thiazole rings is 1. The molecule has 0 fully saturated rings. The summed E-state index contributed by atoms with van der Waals surface area (Å²) in [6.45, 7) is 6.88. The SMILES string of the molecule is COc1cc(OC)cc(C(=O)Nc2nc3c(s2)CC(C(C)(C)C)CC3)c1. The average Bonchev–Trinajstić information content (AvgIpc) is 3.01. The summed E-state index contributed by atoms with van der Waals surface area (Å²) in [5, 5.41) is 3.59. The number of fused-ring (bicyclic) bond motifs is 1. The number of benzene rings is 1. The molecule has 1 amide bonds. The highest BCUT2D eigenvalue weighted by atomic mass is 32.1. The second-order valence-corrected chi connectivity index (χ2v) is 8.83. The molecule has 1 aromatic carbocycles. The van der Waals surface area contributed by atoms with Gasteiger partial charge in [0, 0.05) is 16.5 Å². The molecule has 1 aliphatic rings. The number of nitrogens with zero attached hydrogens (tertiary/aromatic N) is 1. The van der Waals surface area contributed by atoms with Crippen LogP contribution in [0.2, 0.25) is 0 Å². The predicted octanol–water partition coefficient (Wildman–Crippen LogP) is 4.56. The van der Waals surface area contributed by atoms with Crippen molar-refractivity contribution in [1.29, 1.82) is 0 Å². The number of aryl methyl sites for hydroxylation is 1. The Balaban J connectivity index is 1.77. The van der Waals surface area contributed by atoms with Crippen molar-refractivity contribution in [2.24, 2.45) is 11.3 Å². The van der Waals surface area contributed by atoms with E-state index in [-0.39, 0.29) is 5.91 Å². The van der Waals surface area contributed by atoms with Gasteiger partial charge < -0.3 is 9.47 Å². The minimum absolute atomic E-state index is 0.208. The van der Waals surface area contributed by atoms with E-state index >= 15 is 0 Å². The molecular weight excluding hydrogens is 348 g/mol. The first kappa shape index (κ1) is 18.7. The van der Waals surface area contributed by atoms with Crippen LogP contribution >= 0.6 is 11.3 Å². The number of aromatic nitrogens is 1. The fourth-order valence-corrected chi connectivity index (χ4v) is 4.36. The van der Waals surface area contributed by atoms with Crippen molar-refractivity contribution in [2.75, 3.05) is 19.5 Å². The first-order valence-corrected chi connectivity index (χ1v) is 9.65. The zero-order valence-corrected chi connectivity index (χ0v) is 16.8. The van der Waals surface area contributed by atoms with Crippen LogP contribution in [0.25, 0.3) is 0 Å². The third-order valence-corrected chi connectivity index (χ3v) is 6.03. The molecule has 5 nitrogen and oxygen atoms in total. The fraction of sp³-hybridized carbons (Fsp3) is 0.500. The highest BCUT2D eigenvalue weighted by Gasteiger charge is 2.30. The molecule has 0 saturated heterocycles. The number of amides is 1. The fourth-order valence-electron chi connectivity index (χ4n) is 3.28. The van der Waals surface area contributed by atoms with E-state index in [0.717, 1.165) is 25.0 Å². The highest BCUT2D eigenvalue weighted by Crippen LogP contribution is 2.40. The lowest BCUT2D eigenvalue weighted by molar-refractivity contribution is 0.102. The van der Waals surface area contributed by atoms with Crippen LogP contribution in [0, 0.1) is 11.3 Å². The molecule has 1 unspecified atom stereocenters. The average molecular weight is 375 g/mol. The lowest BCUT2D eigenvalue weighted by Gasteiger charge is -2.33. The zero-order chi connectivity index (χ0) is 18.9. The monoisotopic (exact) mass is 374 g/mol. The van der Waals surface area contributed by atoms with Gasteiger partial charge in [-0.2, -0.15) is 0 Å². The summed E-state index contributed by atoms with van der Waals surface area (Å²) < 4.78 is 10.5. The molecule has 0 saturated carbocycles. The molecule has 1 aliphatic carbocycles. The molecular formula is C20H26N2O3S. The van der Waals surface area contributed by atoms with E-state index in [2.05, 4.69) is 31.1 Å². The van der Waals surface area contributed by atoms with Gasteiger partial charge in [-0.15, -0.1) is 11.3 Å². The Kier molecular flexibility index (Phi) is 5.23. The van der Waals surface area contributed by atoms with Gasteiger partial charge in [-0.1, -0.05) is 20.8 Å². The summed E-state index contributed by atoms with van der Waals surface area (Å²) in [4.78, 5) is 18.6. The number of hydrogen-bond acceptors (Lipinski definition) is 5. The van der Waals surface area contributed by atoms with Crippen LogP contribution in [0.1, 0.15) is 48.1 Å². The van der Waals surface area contributed by atoms with Crippen molar-refractivity contribution in [2.45, 2.75) is 40.0 Å². The van der Waals surface area contributed by atoms with Crippen LogP contribution in [0.5, 0.6) is 11.5 Å². The van der Waals surface area contributed by atoms with E-state index < -0.39 is 0 Å². The molecule has 0 spiro atoms. The predicted molar refractivity (Wildman–Crippen MR) is 105 cm³/mol. The van der Waals surface area contributed by atoms with E-state index in [1.54, 1.807) is 43.8 Å². The molecule has 140 valence electrons.